The molecule has 23 heavy (non-hydrogen) atoms. The first-order valence-corrected chi connectivity index (χ1v) is 10.4. The van der Waals surface area contributed by atoms with Crippen molar-refractivity contribution in [2.75, 3.05) is 29.7 Å². The summed E-state index contributed by atoms with van der Waals surface area (Å²) >= 11 is 7.99. The number of rotatable bonds is 4. The molecule has 2 aromatic carbocycles. The molecule has 0 amide bonds. The number of nitrogens with zero attached hydrogens (tertiary/aromatic N) is 2. The first-order chi connectivity index (χ1) is 11.1. The smallest absolute Gasteiger partial charge is 0.200 e. The Kier molecular flexibility index (Phi) is 5.09. The van der Waals surface area contributed by atoms with Crippen LogP contribution in [0.1, 0.15) is 0 Å². The summed E-state index contributed by atoms with van der Waals surface area (Å²) in [7, 11) is 2.32. The number of benzene rings is 2. The van der Waals surface area contributed by atoms with E-state index in [1.165, 1.54) is 21.3 Å². The van der Waals surface area contributed by atoms with Gasteiger partial charge in [0.2, 0.25) is 5.96 Å². The molecule has 0 bridgehead atoms. The van der Waals surface area contributed by atoms with Crippen molar-refractivity contribution in [3.8, 4) is 0 Å². The number of guanidine groups is 1. The monoisotopic (exact) mass is 364 g/mol. The molecular weight excluding hydrogens is 346 g/mol. The largest absolute Gasteiger partial charge is 0.369 e. The maximum absolute atomic E-state index is 6.28. The lowest BCUT2D eigenvalue weighted by Crippen LogP contribution is -2.33. The molecule has 0 saturated carbocycles. The summed E-state index contributed by atoms with van der Waals surface area (Å²) in [4.78, 5) is 8.94. The number of hydrogen-bond donors (Lipinski definition) is 1. The molecule has 3 nitrogen and oxygen atoms in total. The normalized spacial score (nSPS) is 14.8. The molecule has 0 aromatic heterocycles. The van der Waals surface area contributed by atoms with E-state index in [-0.39, 0.29) is 0 Å². The van der Waals surface area contributed by atoms with Gasteiger partial charge in [0, 0.05) is 34.6 Å². The van der Waals surface area contributed by atoms with Crippen molar-refractivity contribution >= 4 is 51.6 Å². The van der Waals surface area contributed by atoms with Crippen LogP contribution in [0.3, 0.4) is 0 Å². The van der Waals surface area contributed by atoms with Crippen LogP contribution in [0.25, 0.3) is 0 Å². The van der Waals surface area contributed by atoms with Crippen molar-refractivity contribution in [3.63, 3.8) is 0 Å². The van der Waals surface area contributed by atoms with E-state index < -0.39 is 0 Å². The Balaban J connectivity index is 1.87. The number of halogens is 1. The number of aliphatic imine (C=N–C) groups is 1. The lowest BCUT2D eigenvalue weighted by atomic mass is 10.3. The minimum absolute atomic E-state index is 0.402. The molecule has 3 rings (SSSR count). The molecule has 0 aliphatic carbocycles. The van der Waals surface area contributed by atoms with Crippen molar-refractivity contribution in [1.82, 2.24) is 0 Å². The molecule has 1 aliphatic rings. The average Bonchev–Trinajstić information content (AvgIpc) is 3.41. The van der Waals surface area contributed by atoms with Crippen LogP contribution in [0.4, 0.5) is 11.4 Å². The van der Waals surface area contributed by atoms with Crippen LogP contribution in [0.5, 0.6) is 0 Å². The van der Waals surface area contributed by atoms with Crippen molar-refractivity contribution in [2.45, 2.75) is 9.79 Å². The Hall–Kier alpha value is -1.30. The Bertz CT molecular complexity index is 744. The molecule has 0 spiro atoms. The van der Waals surface area contributed by atoms with Crippen LogP contribution >= 0.6 is 23.4 Å². The molecule has 120 valence electrons. The topological polar surface area (TPSA) is 41.6 Å². The summed E-state index contributed by atoms with van der Waals surface area (Å²) in [6.07, 6.45) is 2.06. The third-order valence-corrected chi connectivity index (χ3v) is 6.46. The minimum atomic E-state index is 0.402. The second-order valence-corrected chi connectivity index (χ2v) is 8.81. The average molecular weight is 365 g/mol. The van der Waals surface area contributed by atoms with Gasteiger partial charge >= 0.3 is 0 Å². The summed E-state index contributed by atoms with van der Waals surface area (Å²) in [5.74, 6) is 2.99. The summed E-state index contributed by atoms with van der Waals surface area (Å²) in [6.45, 7) is 0. The molecule has 1 aliphatic heterocycles. The van der Waals surface area contributed by atoms with Crippen molar-refractivity contribution in [2.24, 2.45) is 10.7 Å². The van der Waals surface area contributed by atoms with Crippen LogP contribution < -0.4 is 10.6 Å². The van der Waals surface area contributed by atoms with Crippen LogP contribution in [-0.4, -0.2) is 30.8 Å². The van der Waals surface area contributed by atoms with E-state index in [4.69, 9.17) is 17.3 Å². The fourth-order valence-electron chi connectivity index (χ4n) is 2.18. The molecular formula is C17H19ClN3S2+. The van der Waals surface area contributed by atoms with E-state index in [9.17, 15) is 0 Å². The molecule has 6 heteroatoms. The maximum Gasteiger partial charge on any atom is 0.200 e. The minimum Gasteiger partial charge on any atom is -0.369 e. The Labute approximate surface area is 149 Å². The van der Waals surface area contributed by atoms with Gasteiger partial charge in [0.15, 0.2) is 16.4 Å². The van der Waals surface area contributed by atoms with Gasteiger partial charge in [0.1, 0.15) is 0 Å². The Morgan fingerprint density at radius 3 is 2.74 bits per heavy atom. The third-order valence-electron chi connectivity index (χ3n) is 3.68. The molecule has 0 unspecified atom stereocenters. The fourth-order valence-corrected chi connectivity index (χ4v) is 4.14. The summed E-state index contributed by atoms with van der Waals surface area (Å²) in [6, 6.07) is 14.3. The van der Waals surface area contributed by atoms with Gasteiger partial charge in [-0.05, 0) is 36.6 Å². The van der Waals surface area contributed by atoms with Crippen LogP contribution in [-0.2, 0) is 10.9 Å². The molecule has 2 N–H and O–H groups in total. The zero-order chi connectivity index (χ0) is 16.4. The highest BCUT2D eigenvalue weighted by Crippen LogP contribution is 2.33. The molecule has 2 aromatic rings. The van der Waals surface area contributed by atoms with E-state index in [2.05, 4.69) is 35.5 Å². The number of anilines is 1. The van der Waals surface area contributed by atoms with E-state index >= 15 is 0 Å². The van der Waals surface area contributed by atoms with Crippen molar-refractivity contribution in [1.29, 1.82) is 0 Å². The van der Waals surface area contributed by atoms with Gasteiger partial charge in [-0.3, -0.25) is 0 Å². The van der Waals surface area contributed by atoms with Gasteiger partial charge in [-0.2, -0.15) is 0 Å². The van der Waals surface area contributed by atoms with Gasteiger partial charge < -0.3 is 10.6 Å². The fraction of sp³-hybridized carbons (Fsp3) is 0.235. The van der Waals surface area contributed by atoms with Crippen LogP contribution in [0.2, 0.25) is 5.02 Å². The summed E-state index contributed by atoms with van der Waals surface area (Å²) < 4.78 is 0. The molecule has 1 saturated heterocycles. The molecule has 1 heterocycles. The van der Waals surface area contributed by atoms with Gasteiger partial charge in [0.05, 0.1) is 10.7 Å². The first kappa shape index (κ1) is 16.6. The molecule has 0 atom stereocenters. The van der Waals surface area contributed by atoms with Crippen LogP contribution in [0, 0.1) is 0 Å². The second kappa shape index (κ2) is 7.07. The summed E-state index contributed by atoms with van der Waals surface area (Å²) in [5, 5.41) is 0.633. The van der Waals surface area contributed by atoms with Crippen molar-refractivity contribution < 1.29 is 0 Å². The molecule has 1 fully saturated rings. The van der Waals surface area contributed by atoms with E-state index in [0.29, 0.717) is 21.9 Å². The van der Waals surface area contributed by atoms with Gasteiger partial charge in [-0.25, -0.2) is 4.99 Å². The SMILES string of the molecule is CSc1cccc(N(C)C(N)=Nc2cc([S+]3CC3)ccc2Cl)c1. The third kappa shape index (κ3) is 3.97. The predicted molar refractivity (Wildman–Crippen MR) is 105 cm³/mol. The zero-order valence-electron chi connectivity index (χ0n) is 13.1. The lowest BCUT2D eigenvalue weighted by Gasteiger charge is -2.19. The number of hydrogen-bond acceptors (Lipinski definition) is 2. The van der Waals surface area contributed by atoms with Gasteiger partial charge in [0.25, 0.3) is 0 Å². The van der Waals surface area contributed by atoms with E-state index in [1.807, 2.05) is 30.1 Å². The Morgan fingerprint density at radius 1 is 1.26 bits per heavy atom. The highest BCUT2D eigenvalue weighted by atomic mass is 35.5. The van der Waals surface area contributed by atoms with Crippen molar-refractivity contribution in [3.05, 3.63) is 47.5 Å². The predicted octanol–water partition coefficient (Wildman–Crippen LogP) is 4.14. The van der Waals surface area contributed by atoms with Gasteiger partial charge in [-0.1, -0.05) is 17.7 Å². The van der Waals surface area contributed by atoms with Gasteiger partial charge in [-0.15, -0.1) is 11.8 Å². The number of thioether (sulfide) groups is 1. The Morgan fingerprint density at radius 2 is 2.04 bits per heavy atom. The standard InChI is InChI=1S/C17H19ClN3S2/c1-21(12-4-3-5-13(10-12)22-2)17(19)20-16-11-14(23-8-9-23)6-7-15(16)18/h3-7,10-11H,8-9H2,1-2H3,(H2,19,20)/q+1. The van der Waals surface area contributed by atoms with Crippen LogP contribution in [0.15, 0.2) is 57.2 Å². The quantitative estimate of drug-likeness (QED) is 0.291. The highest BCUT2D eigenvalue weighted by molar-refractivity contribution is 8.03. The first-order valence-electron chi connectivity index (χ1n) is 7.27. The second-order valence-electron chi connectivity index (χ2n) is 5.24. The maximum atomic E-state index is 6.28. The highest BCUT2D eigenvalue weighted by Gasteiger charge is 2.37. The summed E-state index contributed by atoms with van der Waals surface area (Å²) in [5.41, 5.74) is 7.95. The zero-order valence-corrected chi connectivity index (χ0v) is 15.5. The molecule has 0 radical (unpaired) electrons. The van der Waals surface area contributed by atoms with E-state index in [0.717, 1.165) is 11.4 Å². The lowest BCUT2D eigenvalue weighted by molar-refractivity contribution is 1.20. The number of nitrogens with two attached hydrogens (primary N) is 1. The van der Waals surface area contributed by atoms with E-state index in [1.54, 1.807) is 11.8 Å².